The molecule has 0 radical (unpaired) electrons. The van der Waals surface area contributed by atoms with E-state index >= 15 is 0 Å². The summed E-state index contributed by atoms with van der Waals surface area (Å²) >= 11 is 1.87. The molecular weight excluding hydrogens is 404 g/mol. The van der Waals surface area contributed by atoms with Crippen LogP contribution in [-0.2, 0) is 24.2 Å². The SMILES string of the molecule is C=CCN1C(=O)C(C)SC1=NN=C1SC(OS(=O)(=O)O)C(=O)N1CC=C. The van der Waals surface area contributed by atoms with E-state index in [0.717, 1.165) is 4.90 Å². The van der Waals surface area contributed by atoms with E-state index < -0.39 is 21.7 Å². The molecule has 1 N–H and O–H groups in total. The zero-order chi connectivity index (χ0) is 19.5. The van der Waals surface area contributed by atoms with Gasteiger partial charge < -0.3 is 0 Å². The van der Waals surface area contributed by atoms with Gasteiger partial charge in [0.05, 0.1) is 5.25 Å². The lowest BCUT2D eigenvalue weighted by atomic mass is 10.4. The van der Waals surface area contributed by atoms with Crippen molar-refractivity contribution < 1.29 is 26.7 Å². The molecule has 142 valence electrons. The van der Waals surface area contributed by atoms with Crippen molar-refractivity contribution in [2.75, 3.05) is 13.1 Å². The highest BCUT2D eigenvalue weighted by atomic mass is 32.3. The normalized spacial score (nSPS) is 27.0. The highest BCUT2D eigenvalue weighted by Gasteiger charge is 2.41. The van der Waals surface area contributed by atoms with E-state index in [0.29, 0.717) is 16.9 Å². The molecule has 2 atom stereocenters. The summed E-state index contributed by atoms with van der Waals surface area (Å²) in [6.45, 7) is 9.13. The minimum absolute atomic E-state index is 0.0414. The molecule has 2 aliphatic rings. The van der Waals surface area contributed by atoms with Crippen molar-refractivity contribution in [2.45, 2.75) is 17.6 Å². The molecule has 26 heavy (non-hydrogen) atoms. The van der Waals surface area contributed by atoms with Gasteiger partial charge in [0.25, 0.3) is 5.91 Å². The average Bonchev–Trinajstić information content (AvgIpc) is 2.97. The summed E-state index contributed by atoms with van der Waals surface area (Å²) in [5, 5.41) is 8.03. The number of hydrogen-bond acceptors (Lipinski definition) is 9. The van der Waals surface area contributed by atoms with Crippen molar-refractivity contribution in [2.24, 2.45) is 10.2 Å². The number of amides is 2. The van der Waals surface area contributed by atoms with Gasteiger partial charge in [0.2, 0.25) is 11.3 Å². The second-order valence-corrected chi connectivity index (χ2v) is 8.36. The second-order valence-electron chi connectivity index (χ2n) is 4.97. The van der Waals surface area contributed by atoms with Crippen molar-refractivity contribution >= 4 is 56.1 Å². The van der Waals surface area contributed by atoms with E-state index in [1.165, 1.54) is 22.7 Å². The van der Waals surface area contributed by atoms with Gasteiger partial charge in [-0.05, 0) is 18.7 Å². The van der Waals surface area contributed by atoms with Gasteiger partial charge in [-0.2, -0.15) is 8.42 Å². The topological polar surface area (TPSA) is 129 Å². The van der Waals surface area contributed by atoms with Crippen LogP contribution in [0.25, 0.3) is 0 Å². The van der Waals surface area contributed by atoms with Crippen LogP contribution in [0, 0.1) is 0 Å². The van der Waals surface area contributed by atoms with Gasteiger partial charge in [-0.1, -0.05) is 23.9 Å². The molecule has 2 unspecified atom stereocenters. The highest BCUT2D eigenvalue weighted by Crippen LogP contribution is 2.30. The first-order valence-corrected chi connectivity index (χ1v) is 10.3. The molecule has 2 amide bonds. The van der Waals surface area contributed by atoms with Crippen LogP contribution in [0.5, 0.6) is 0 Å². The number of thioether (sulfide) groups is 2. The molecule has 2 aliphatic heterocycles. The first-order valence-electron chi connectivity index (χ1n) is 7.17. The Hall–Kier alpha value is -1.67. The van der Waals surface area contributed by atoms with E-state index in [4.69, 9.17) is 4.55 Å². The number of amidine groups is 2. The Bertz CT molecular complexity index is 794. The summed E-state index contributed by atoms with van der Waals surface area (Å²) in [5.41, 5.74) is -1.51. The van der Waals surface area contributed by atoms with Crippen LogP contribution in [0.15, 0.2) is 35.5 Å². The molecule has 0 bridgehead atoms. The number of rotatable bonds is 7. The lowest BCUT2D eigenvalue weighted by Crippen LogP contribution is -2.34. The first-order chi connectivity index (χ1) is 12.2. The van der Waals surface area contributed by atoms with Gasteiger partial charge in [0.15, 0.2) is 10.3 Å². The van der Waals surface area contributed by atoms with Gasteiger partial charge in [-0.3, -0.25) is 23.9 Å². The molecule has 2 rings (SSSR count). The van der Waals surface area contributed by atoms with E-state index in [2.05, 4.69) is 27.5 Å². The monoisotopic (exact) mass is 420 g/mol. The van der Waals surface area contributed by atoms with Crippen LogP contribution in [0.1, 0.15) is 6.92 Å². The summed E-state index contributed by atoms with van der Waals surface area (Å²) in [4.78, 5) is 26.8. The molecule has 13 heteroatoms. The molecular formula is C13H16N4O6S3. The largest absolute Gasteiger partial charge is 0.398 e. The number of carbonyl (C=O) groups is 2. The standard InChI is InChI=1S/C13H16N4O6S3/c1-4-6-16-9(18)8(3)24-12(16)14-15-13-17(7-5-2)10(19)11(25-13)23-26(20,21)22/h4-5,8,11H,1-2,6-7H2,3H3,(H,20,21,22). The van der Waals surface area contributed by atoms with Crippen LogP contribution in [0.3, 0.4) is 0 Å². The molecule has 2 saturated heterocycles. The molecule has 10 nitrogen and oxygen atoms in total. The zero-order valence-electron chi connectivity index (χ0n) is 13.6. The predicted octanol–water partition coefficient (Wildman–Crippen LogP) is 0.670. The van der Waals surface area contributed by atoms with Crippen molar-refractivity contribution in [3.63, 3.8) is 0 Å². The van der Waals surface area contributed by atoms with Crippen LogP contribution < -0.4 is 0 Å². The van der Waals surface area contributed by atoms with E-state index in [9.17, 15) is 18.0 Å². The Morgan fingerprint density at radius 3 is 2.12 bits per heavy atom. The zero-order valence-corrected chi connectivity index (χ0v) is 16.1. The average molecular weight is 420 g/mol. The van der Waals surface area contributed by atoms with Crippen LogP contribution in [0.4, 0.5) is 0 Å². The van der Waals surface area contributed by atoms with Gasteiger partial charge >= 0.3 is 10.4 Å². The van der Waals surface area contributed by atoms with Gasteiger partial charge in [-0.25, -0.2) is 4.18 Å². The smallest absolute Gasteiger partial charge is 0.285 e. The summed E-state index contributed by atoms with van der Waals surface area (Å²) in [5.74, 6) is -0.863. The molecule has 0 aromatic carbocycles. The minimum Gasteiger partial charge on any atom is -0.285 e. The Kier molecular flexibility index (Phi) is 6.63. The first kappa shape index (κ1) is 20.6. The molecule has 0 saturated carbocycles. The van der Waals surface area contributed by atoms with E-state index in [-0.39, 0.29) is 29.4 Å². The molecule has 2 heterocycles. The molecule has 0 aromatic rings. The Morgan fingerprint density at radius 1 is 1.12 bits per heavy atom. The van der Waals surface area contributed by atoms with Gasteiger partial charge in [-0.15, -0.1) is 23.4 Å². The summed E-state index contributed by atoms with van der Waals surface area (Å²) in [6.07, 6.45) is 2.96. The molecule has 0 aromatic heterocycles. The lowest BCUT2D eigenvalue weighted by molar-refractivity contribution is -0.130. The second kappa shape index (κ2) is 8.35. The Morgan fingerprint density at radius 2 is 1.62 bits per heavy atom. The number of carbonyl (C=O) groups excluding carboxylic acids is 2. The van der Waals surface area contributed by atoms with Crippen LogP contribution in [0.2, 0.25) is 0 Å². The Balaban J connectivity index is 2.29. The lowest BCUT2D eigenvalue weighted by Gasteiger charge is -2.13. The van der Waals surface area contributed by atoms with Crippen LogP contribution >= 0.6 is 23.5 Å². The molecule has 0 aliphatic carbocycles. The van der Waals surface area contributed by atoms with Gasteiger partial charge in [0.1, 0.15) is 0 Å². The van der Waals surface area contributed by atoms with Crippen molar-refractivity contribution in [3.05, 3.63) is 25.3 Å². The summed E-state index contributed by atoms with van der Waals surface area (Å²) in [7, 11) is -4.82. The van der Waals surface area contributed by atoms with E-state index in [1.807, 2.05) is 0 Å². The third kappa shape index (κ3) is 4.73. The summed E-state index contributed by atoms with van der Waals surface area (Å²) in [6, 6.07) is 0. The fraction of sp³-hybridized carbons (Fsp3) is 0.385. The predicted molar refractivity (Wildman–Crippen MR) is 99.8 cm³/mol. The number of nitrogens with zero attached hydrogens (tertiary/aromatic N) is 4. The quantitative estimate of drug-likeness (QED) is 0.361. The van der Waals surface area contributed by atoms with Crippen molar-refractivity contribution in [1.29, 1.82) is 0 Å². The maximum Gasteiger partial charge on any atom is 0.398 e. The van der Waals surface area contributed by atoms with Gasteiger partial charge in [0, 0.05) is 13.1 Å². The third-order valence-corrected chi connectivity index (χ3v) is 5.74. The third-order valence-electron chi connectivity index (χ3n) is 3.09. The maximum atomic E-state index is 12.2. The molecule has 0 spiro atoms. The minimum atomic E-state index is -4.82. The van der Waals surface area contributed by atoms with Crippen molar-refractivity contribution in [1.82, 2.24) is 9.80 Å². The number of hydrogen-bond donors (Lipinski definition) is 1. The molecule has 2 fully saturated rings. The Labute approximate surface area is 159 Å². The fourth-order valence-electron chi connectivity index (χ4n) is 2.02. The fourth-order valence-corrected chi connectivity index (χ4v) is 4.50. The van der Waals surface area contributed by atoms with Crippen LogP contribution in [-0.4, -0.2) is 68.7 Å². The highest BCUT2D eigenvalue weighted by molar-refractivity contribution is 8.16. The van der Waals surface area contributed by atoms with E-state index in [1.54, 1.807) is 13.0 Å². The summed E-state index contributed by atoms with van der Waals surface area (Å²) < 4.78 is 34.8. The maximum absolute atomic E-state index is 12.2. The van der Waals surface area contributed by atoms with Crippen molar-refractivity contribution in [3.8, 4) is 0 Å².